The van der Waals surface area contributed by atoms with Crippen molar-refractivity contribution in [2.75, 3.05) is 17.3 Å². The topological polar surface area (TPSA) is 76.1 Å². The summed E-state index contributed by atoms with van der Waals surface area (Å²) in [5.74, 6) is 0.0888. The number of hydrogen-bond donors (Lipinski definition) is 2. The van der Waals surface area contributed by atoms with Gasteiger partial charge < -0.3 is 0 Å². The predicted octanol–water partition coefficient (Wildman–Crippen LogP) is 2.89. The average molecular weight is 333 g/mol. The van der Waals surface area contributed by atoms with Crippen molar-refractivity contribution in [2.24, 2.45) is 0 Å². The minimum Gasteiger partial charge on any atom is -0.279 e. The summed E-state index contributed by atoms with van der Waals surface area (Å²) in [6, 6.07) is 8.26. The van der Waals surface area contributed by atoms with Crippen LogP contribution in [0.4, 0.5) is 11.6 Å². The van der Waals surface area contributed by atoms with E-state index >= 15 is 0 Å². The van der Waals surface area contributed by atoms with Crippen LogP contribution in [0.25, 0.3) is 0 Å². The molecule has 1 unspecified atom stereocenters. The zero-order valence-electron chi connectivity index (χ0n) is 10.3. The summed E-state index contributed by atoms with van der Waals surface area (Å²) in [6.07, 6.45) is 0. The standard InChI is InChI=1S/C11H10Cl2N4O2S/c1-19-16-7-3-2-4-8(5-7)20(18)17-11-14-9(12)6-10(13)15-11/h2-6,16H,1H3,(H,14,15,17). The van der Waals surface area contributed by atoms with E-state index in [1.807, 2.05) is 0 Å². The summed E-state index contributed by atoms with van der Waals surface area (Å²) in [7, 11) is -0.0629. The molecule has 2 N–H and O–H groups in total. The number of hydrogen-bond acceptors (Lipinski definition) is 5. The van der Waals surface area contributed by atoms with Gasteiger partial charge in [0.15, 0.2) is 11.0 Å². The Labute approximate surface area is 128 Å². The van der Waals surface area contributed by atoms with E-state index in [1.165, 1.54) is 13.2 Å². The second kappa shape index (κ2) is 6.85. The number of rotatable bonds is 5. The van der Waals surface area contributed by atoms with Crippen LogP contribution in [0.15, 0.2) is 35.2 Å². The quantitative estimate of drug-likeness (QED) is 0.650. The van der Waals surface area contributed by atoms with Gasteiger partial charge in [0.25, 0.3) is 0 Å². The summed E-state index contributed by atoms with van der Waals surface area (Å²) in [4.78, 5) is 13.1. The lowest BCUT2D eigenvalue weighted by Gasteiger charge is -2.07. The molecule has 2 aromatic rings. The van der Waals surface area contributed by atoms with Crippen LogP contribution in [0.1, 0.15) is 0 Å². The molecule has 0 fully saturated rings. The molecule has 20 heavy (non-hydrogen) atoms. The van der Waals surface area contributed by atoms with E-state index in [0.29, 0.717) is 10.6 Å². The zero-order chi connectivity index (χ0) is 14.5. The molecule has 1 heterocycles. The summed E-state index contributed by atoms with van der Waals surface area (Å²) in [5, 5.41) is 0.332. The third-order valence-corrected chi connectivity index (χ3v) is 3.55. The van der Waals surface area contributed by atoms with Gasteiger partial charge in [0.2, 0.25) is 5.95 Å². The van der Waals surface area contributed by atoms with Gasteiger partial charge in [-0.25, -0.2) is 14.2 Å². The van der Waals surface area contributed by atoms with Crippen molar-refractivity contribution >= 4 is 45.8 Å². The molecule has 0 saturated heterocycles. The Balaban J connectivity index is 2.17. The third kappa shape index (κ3) is 4.04. The van der Waals surface area contributed by atoms with E-state index in [0.717, 1.165) is 0 Å². The molecule has 1 aromatic heterocycles. The summed E-state index contributed by atoms with van der Waals surface area (Å²) in [5.41, 5.74) is 3.32. The molecule has 0 spiro atoms. The number of nitrogens with zero attached hydrogens (tertiary/aromatic N) is 2. The normalized spacial score (nSPS) is 11.9. The molecule has 0 saturated carbocycles. The highest BCUT2D eigenvalue weighted by Gasteiger charge is 2.08. The van der Waals surface area contributed by atoms with Crippen molar-refractivity contribution < 1.29 is 9.05 Å². The van der Waals surface area contributed by atoms with Gasteiger partial charge in [0, 0.05) is 6.07 Å². The fourth-order valence-corrected chi connectivity index (χ4v) is 2.60. The maximum Gasteiger partial charge on any atom is 0.237 e. The molecule has 0 aliphatic carbocycles. The van der Waals surface area contributed by atoms with Crippen molar-refractivity contribution in [3.63, 3.8) is 0 Å². The van der Waals surface area contributed by atoms with Gasteiger partial charge in [-0.1, -0.05) is 29.3 Å². The minimum atomic E-state index is -1.55. The van der Waals surface area contributed by atoms with Crippen LogP contribution >= 0.6 is 23.2 Å². The number of benzene rings is 1. The molecule has 2 rings (SSSR count). The van der Waals surface area contributed by atoms with E-state index in [-0.39, 0.29) is 16.3 Å². The van der Waals surface area contributed by atoms with Gasteiger partial charge in [0.05, 0.1) is 17.7 Å². The molecule has 9 heteroatoms. The van der Waals surface area contributed by atoms with Gasteiger partial charge in [-0.05, 0) is 18.2 Å². The van der Waals surface area contributed by atoms with E-state index in [2.05, 4.69) is 20.2 Å². The van der Waals surface area contributed by atoms with Crippen LogP contribution < -0.4 is 10.2 Å². The monoisotopic (exact) mass is 332 g/mol. The Morgan fingerprint density at radius 2 is 1.90 bits per heavy atom. The van der Waals surface area contributed by atoms with E-state index in [1.54, 1.807) is 24.3 Å². The average Bonchev–Trinajstić information content (AvgIpc) is 2.38. The van der Waals surface area contributed by atoms with E-state index < -0.39 is 11.0 Å². The number of nitrogens with one attached hydrogen (secondary N) is 2. The Morgan fingerprint density at radius 3 is 2.55 bits per heavy atom. The second-order valence-corrected chi connectivity index (χ2v) is 5.53. The van der Waals surface area contributed by atoms with Crippen molar-refractivity contribution in [1.82, 2.24) is 9.97 Å². The molecule has 1 atom stereocenters. The highest BCUT2D eigenvalue weighted by Crippen LogP contribution is 2.18. The fraction of sp³-hybridized carbons (Fsp3) is 0.0909. The van der Waals surface area contributed by atoms with Crippen LogP contribution in [-0.4, -0.2) is 21.3 Å². The maximum atomic E-state index is 12.2. The summed E-state index contributed by atoms with van der Waals surface area (Å²) >= 11 is 11.5. The predicted molar refractivity (Wildman–Crippen MR) is 79.2 cm³/mol. The van der Waals surface area contributed by atoms with Crippen molar-refractivity contribution in [1.29, 1.82) is 0 Å². The Morgan fingerprint density at radius 1 is 1.20 bits per heavy atom. The highest BCUT2D eigenvalue weighted by atomic mass is 35.5. The first kappa shape index (κ1) is 15.0. The van der Waals surface area contributed by atoms with Gasteiger partial charge in [-0.15, -0.1) is 0 Å². The third-order valence-electron chi connectivity index (χ3n) is 2.12. The molecular formula is C11H10Cl2N4O2S. The fourth-order valence-electron chi connectivity index (χ4n) is 1.37. The molecule has 0 bridgehead atoms. The Hall–Kier alpha value is -1.41. The number of halogens is 2. The molecule has 6 nitrogen and oxygen atoms in total. The molecule has 0 aliphatic rings. The lowest BCUT2D eigenvalue weighted by Crippen LogP contribution is -2.08. The van der Waals surface area contributed by atoms with Gasteiger partial charge >= 0.3 is 0 Å². The van der Waals surface area contributed by atoms with Gasteiger partial charge in [-0.3, -0.25) is 15.0 Å². The molecule has 106 valence electrons. The zero-order valence-corrected chi connectivity index (χ0v) is 12.6. The van der Waals surface area contributed by atoms with Crippen LogP contribution in [0.2, 0.25) is 10.3 Å². The van der Waals surface area contributed by atoms with E-state index in [4.69, 9.17) is 28.0 Å². The molecule has 1 aromatic carbocycles. The highest BCUT2D eigenvalue weighted by molar-refractivity contribution is 7.86. The Bertz CT molecular complexity index is 621. The minimum absolute atomic E-state index is 0.0888. The van der Waals surface area contributed by atoms with Crippen LogP contribution in [0, 0.1) is 0 Å². The number of anilines is 2. The first-order valence-corrected chi connectivity index (χ1v) is 7.26. The SMILES string of the molecule is CONc1cccc(S(=O)Nc2nc(Cl)cc(Cl)n2)c1. The van der Waals surface area contributed by atoms with Crippen LogP contribution in [0.3, 0.4) is 0 Å². The van der Waals surface area contributed by atoms with Crippen molar-refractivity contribution in [2.45, 2.75) is 4.90 Å². The summed E-state index contributed by atoms with van der Waals surface area (Å²) < 4.78 is 14.8. The molecule has 0 aliphatic heterocycles. The maximum absolute atomic E-state index is 12.2. The lowest BCUT2D eigenvalue weighted by molar-refractivity contribution is 0.271. The van der Waals surface area contributed by atoms with Crippen LogP contribution in [0.5, 0.6) is 0 Å². The van der Waals surface area contributed by atoms with Gasteiger partial charge in [-0.2, -0.15) is 0 Å². The summed E-state index contributed by atoms with van der Waals surface area (Å²) in [6.45, 7) is 0. The lowest BCUT2D eigenvalue weighted by atomic mass is 10.3. The van der Waals surface area contributed by atoms with Crippen molar-refractivity contribution in [3.05, 3.63) is 40.6 Å². The molecule has 0 amide bonds. The second-order valence-electron chi connectivity index (χ2n) is 3.54. The Kier molecular flexibility index (Phi) is 5.13. The van der Waals surface area contributed by atoms with Crippen LogP contribution in [-0.2, 0) is 15.8 Å². The molecular weight excluding hydrogens is 323 g/mol. The largest absolute Gasteiger partial charge is 0.279 e. The van der Waals surface area contributed by atoms with Crippen molar-refractivity contribution in [3.8, 4) is 0 Å². The first-order valence-electron chi connectivity index (χ1n) is 5.36. The number of aromatic nitrogens is 2. The van der Waals surface area contributed by atoms with Gasteiger partial charge in [0.1, 0.15) is 10.3 Å². The molecule has 0 radical (unpaired) electrons. The smallest absolute Gasteiger partial charge is 0.237 e. The first-order chi connectivity index (χ1) is 9.58. The van der Waals surface area contributed by atoms with E-state index in [9.17, 15) is 4.21 Å².